The molecule has 0 fully saturated rings. The molecule has 1 atom stereocenters. The Kier molecular flexibility index (Phi) is 4.61. The van der Waals surface area contributed by atoms with E-state index in [1.807, 2.05) is 11.6 Å². The van der Waals surface area contributed by atoms with E-state index < -0.39 is 0 Å². The van der Waals surface area contributed by atoms with Crippen molar-refractivity contribution >= 4 is 11.8 Å². The molecule has 0 saturated heterocycles. The number of hydrogen-bond acceptors (Lipinski definition) is 4. The van der Waals surface area contributed by atoms with Crippen LogP contribution in [0.25, 0.3) is 0 Å². The summed E-state index contributed by atoms with van der Waals surface area (Å²) in [5.41, 5.74) is 8.72. The van der Waals surface area contributed by atoms with Gasteiger partial charge in [-0.2, -0.15) is 0 Å². The smallest absolute Gasteiger partial charge is 0.190 e. The Hall–Kier alpha value is -1.33. The number of thioether (sulfide) groups is 1. The Morgan fingerprint density at radius 3 is 2.37 bits per heavy atom. The summed E-state index contributed by atoms with van der Waals surface area (Å²) in [5, 5.41) is 8.79. The van der Waals surface area contributed by atoms with Gasteiger partial charge in [0.2, 0.25) is 0 Å². The first kappa shape index (κ1) is 14.1. The highest BCUT2D eigenvalue weighted by Crippen LogP contribution is 2.23. The third-order valence-corrected chi connectivity index (χ3v) is 4.25. The average molecular weight is 276 g/mol. The van der Waals surface area contributed by atoms with Gasteiger partial charge in [-0.25, -0.2) is 0 Å². The van der Waals surface area contributed by atoms with Crippen LogP contribution in [-0.2, 0) is 7.05 Å². The Balaban J connectivity index is 1.96. The first-order valence-electron chi connectivity index (χ1n) is 6.40. The van der Waals surface area contributed by atoms with E-state index in [1.54, 1.807) is 18.1 Å². The topological polar surface area (TPSA) is 56.7 Å². The molecule has 19 heavy (non-hydrogen) atoms. The van der Waals surface area contributed by atoms with Crippen LogP contribution in [0.2, 0.25) is 0 Å². The molecule has 1 aromatic heterocycles. The van der Waals surface area contributed by atoms with Gasteiger partial charge in [0.25, 0.3) is 0 Å². The van der Waals surface area contributed by atoms with E-state index >= 15 is 0 Å². The third-order valence-electron chi connectivity index (χ3n) is 3.09. The highest BCUT2D eigenvalue weighted by Gasteiger charge is 2.09. The maximum atomic E-state index is 6.21. The van der Waals surface area contributed by atoms with Crippen LogP contribution < -0.4 is 5.73 Å². The first-order valence-corrected chi connectivity index (χ1v) is 7.38. The average Bonchev–Trinajstić information content (AvgIpc) is 2.81. The number of rotatable bonds is 5. The van der Waals surface area contributed by atoms with E-state index in [0.29, 0.717) is 5.92 Å². The van der Waals surface area contributed by atoms with Gasteiger partial charge >= 0.3 is 0 Å². The fraction of sp³-hybridized carbons (Fsp3) is 0.429. The summed E-state index contributed by atoms with van der Waals surface area (Å²) in [6.07, 6.45) is 1.70. The van der Waals surface area contributed by atoms with Gasteiger partial charge in [-0.3, -0.25) is 0 Å². The van der Waals surface area contributed by atoms with Gasteiger partial charge in [0.1, 0.15) is 6.33 Å². The molecule has 0 spiro atoms. The Morgan fingerprint density at radius 1 is 1.21 bits per heavy atom. The van der Waals surface area contributed by atoms with Crippen LogP contribution in [0.5, 0.6) is 0 Å². The molecule has 0 aliphatic carbocycles. The number of nitrogens with two attached hydrogens (primary N) is 1. The summed E-state index contributed by atoms with van der Waals surface area (Å²) in [4.78, 5) is 0. The molecule has 2 rings (SSSR count). The van der Waals surface area contributed by atoms with Crippen molar-refractivity contribution in [3.8, 4) is 0 Å². The molecule has 2 N–H and O–H groups in total. The van der Waals surface area contributed by atoms with Crippen LogP contribution in [0.4, 0.5) is 0 Å². The molecular weight excluding hydrogens is 256 g/mol. The lowest BCUT2D eigenvalue weighted by Gasteiger charge is -2.13. The second-order valence-electron chi connectivity index (χ2n) is 4.96. The van der Waals surface area contributed by atoms with E-state index in [0.717, 1.165) is 10.9 Å². The normalized spacial score (nSPS) is 12.9. The maximum absolute atomic E-state index is 6.21. The minimum absolute atomic E-state index is 0.0166. The van der Waals surface area contributed by atoms with E-state index in [4.69, 9.17) is 5.73 Å². The molecular formula is C14H20N4S. The van der Waals surface area contributed by atoms with Gasteiger partial charge in [-0.15, -0.1) is 10.2 Å². The zero-order valence-corrected chi connectivity index (χ0v) is 12.4. The number of hydrogen-bond donors (Lipinski definition) is 1. The van der Waals surface area contributed by atoms with E-state index in [1.165, 1.54) is 11.1 Å². The van der Waals surface area contributed by atoms with Crippen LogP contribution in [-0.4, -0.2) is 20.5 Å². The first-order chi connectivity index (χ1) is 9.08. The lowest BCUT2D eigenvalue weighted by molar-refractivity contribution is 0.777. The van der Waals surface area contributed by atoms with Crippen molar-refractivity contribution in [2.75, 3.05) is 5.75 Å². The molecule has 1 heterocycles. The van der Waals surface area contributed by atoms with Gasteiger partial charge in [-0.05, 0) is 17.0 Å². The summed E-state index contributed by atoms with van der Waals surface area (Å²) in [6.45, 7) is 4.39. The SMILES string of the molecule is CC(C)c1ccc(C(N)CSc2nncn2C)cc1. The number of benzene rings is 1. The van der Waals surface area contributed by atoms with E-state index in [2.05, 4.69) is 48.3 Å². The van der Waals surface area contributed by atoms with Gasteiger partial charge in [0.05, 0.1) is 0 Å². The van der Waals surface area contributed by atoms with Crippen molar-refractivity contribution in [1.82, 2.24) is 14.8 Å². The fourth-order valence-corrected chi connectivity index (χ4v) is 2.67. The molecule has 0 aliphatic heterocycles. The Bertz CT molecular complexity index is 518. The number of aryl methyl sites for hydroxylation is 1. The number of nitrogens with zero attached hydrogens (tertiary/aromatic N) is 3. The van der Waals surface area contributed by atoms with Gasteiger partial charge in [0, 0.05) is 18.8 Å². The molecule has 5 heteroatoms. The maximum Gasteiger partial charge on any atom is 0.190 e. The Labute approximate surface area is 118 Å². The zero-order chi connectivity index (χ0) is 13.8. The third kappa shape index (κ3) is 3.58. The van der Waals surface area contributed by atoms with Crippen molar-refractivity contribution in [2.24, 2.45) is 12.8 Å². The van der Waals surface area contributed by atoms with Gasteiger partial charge in [0.15, 0.2) is 5.16 Å². The minimum Gasteiger partial charge on any atom is -0.323 e. The molecule has 1 aromatic carbocycles. The molecule has 0 radical (unpaired) electrons. The summed E-state index contributed by atoms with van der Waals surface area (Å²) >= 11 is 1.63. The standard InChI is InChI=1S/C14H20N4S/c1-10(2)11-4-6-12(7-5-11)13(15)8-19-14-17-16-9-18(14)3/h4-7,9-10,13H,8,15H2,1-3H3. The highest BCUT2D eigenvalue weighted by molar-refractivity contribution is 7.99. The largest absolute Gasteiger partial charge is 0.323 e. The van der Waals surface area contributed by atoms with Crippen molar-refractivity contribution in [3.63, 3.8) is 0 Å². The monoisotopic (exact) mass is 276 g/mol. The molecule has 1 unspecified atom stereocenters. The summed E-state index contributed by atoms with van der Waals surface area (Å²) < 4.78 is 1.90. The molecule has 102 valence electrons. The summed E-state index contributed by atoms with van der Waals surface area (Å²) in [7, 11) is 1.94. The summed E-state index contributed by atoms with van der Waals surface area (Å²) in [6, 6.07) is 8.58. The highest BCUT2D eigenvalue weighted by atomic mass is 32.2. The van der Waals surface area contributed by atoms with E-state index in [9.17, 15) is 0 Å². The van der Waals surface area contributed by atoms with Crippen molar-refractivity contribution in [1.29, 1.82) is 0 Å². The Morgan fingerprint density at radius 2 is 1.84 bits per heavy atom. The predicted octanol–water partition coefficient (Wildman–Crippen LogP) is 2.73. The van der Waals surface area contributed by atoms with Crippen LogP contribution in [0, 0.1) is 0 Å². The van der Waals surface area contributed by atoms with Gasteiger partial charge in [-0.1, -0.05) is 49.9 Å². The molecule has 0 amide bonds. The predicted molar refractivity (Wildman–Crippen MR) is 79.2 cm³/mol. The molecule has 2 aromatic rings. The van der Waals surface area contributed by atoms with Gasteiger partial charge < -0.3 is 10.3 Å². The lowest BCUT2D eigenvalue weighted by atomic mass is 10.00. The van der Waals surface area contributed by atoms with Crippen molar-refractivity contribution in [2.45, 2.75) is 31.0 Å². The van der Waals surface area contributed by atoms with Crippen molar-refractivity contribution in [3.05, 3.63) is 41.7 Å². The number of aromatic nitrogens is 3. The zero-order valence-electron chi connectivity index (χ0n) is 11.6. The lowest BCUT2D eigenvalue weighted by Crippen LogP contribution is -2.13. The molecule has 0 aliphatic rings. The molecule has 0 saturated carbocycles. The second kappa shape index (κ2) is 6.21. The minimum atomic E-state index is 0.0166. The van der Waals surface area contributed by atoms with Crippen LogP contribution >= 0.6 is 11.8 Å². The van der Waals surface area contributed by atoms with Crippen molar-refractivity contribution < 1.29 is 0 Å². The summed E-state index contributed by atoms with van der Waals surface area (Å²) in [5.74, 6) is 1.35. The second-order valence-corrected chi connectivity index (χ2v) is 5.95. The molecule has 0 bridgehead atoms. The quantitative estimate of drug-likeness (QED) is 0.853. The molecule has 4 nitrogen and oxygen atoms in total. The van der Waals surface area contributed by atoms with Crippen LogP contribution in [0.3, 0.4) is 0 Å². The fourth-order valence-electron chi connectivity index (χ4n) is 1.79. The van der Waals surface area contributed by atoms with E-state index in [-0.39, 0.29) is 6.04 Å². The van der Waals surface area contributed by atoms with Crippen LogP contribution in [0.15, 0.2) is 35.7 Å². The van der Waals surface area contributed by atoms with Crippen LogP contribution in [0.1, 0.15) is 36.9 Å².